The average Bonchev–Trinajstić information content (AvgIpc) is 2.96. The van der Waals surface area contributed by atoms with E-state index >= 15 is 0 Å². The molecule has 3 aromatic carbocycles. The third-order valence-electron chi connectivity index (χ3n) is 6.01. The van der Waals surface area contributed by atoms with Gasteiger partial charge in [-0.2, -0.15) is 25.3 Å². The molecule has 0 aliphatic carbocycles. The summed E-state index contributed by atoms with van der Waals surface area (Å²) in [5.74, 6) is 0.0681. The Morgan fingerprint density at radius 1 is 0.489 bits per heavy atom. The molecule has 45 heavy (non-hydrogen) atoms. The number of hydrogen-bond donors (Lipinski definition) is 3. The van der Waals surface area contributed by atoms with E-state index in [2.05, 4.69) is 20.2 Å². The van der Waals surface area contributed by atoms with E-state index in [1.54, 1.807) is 12.1 Å². The van der Waals surface area contributed by atoms with E-state index in [-0.39, 0.29) is 131 Å². The van der Waals surface area contributed by atoms with Gasteiger partial charge >= 0.3 is 88.7 Å². The summed E-state index contributed by atoms with van der Waals surface area (Å²) in [4.78, 5) is 7.96. The molecule has 0 aliphatic heterocycles. The fourth-order valence-electron chi connectivity index (χ4n) is 3.95. The number of hydrogen-bond acceptors (Lipinski definition) is 10. The first-order valence-electron chi connectivity index (χ1n) is 11.6. The Morgan fingerprint density at radius 2 is 0.889 bits per heavy atom. The second-order valence-corrected chi connectivity index (χ2v) is 13.0. The van der Waals surface area contributed by atoms with Gasteiger partial charge in [0.05, 0.1) is 14.7 Å². The van der Waals surface area contributed by atoms with Gasteiger partial charge in [0.1, 0.15) is 17.1 Å². The van der Waals surface area contributed by atoms with Gasteiger partial charge in [0.25, 0.3) is 30.4 Å². The fraction of sp³-hybridized carbons (Fsp3) is 0. The van der Waals surface area contributed by atoms with Crippen molar-refractivity contribution in [3.8, 4) is 45.2 Å². The van der Waals surface area contributed by atoms with E-state index in [1.165, 1.54) is 79.0 Å². The van der Waals surface area contributed by atoms with E-state index in [9.17, 15) is 38.9 Å². The quantitative estimate of drug-likeness (QED) is 0.107. The monoisotopic (exact) mass is 698 g/mol. The molecule has 2 heterocycles. The molecule has 0 unspecified atom stereocenters. The molecule has 0 aliphatic rings. The zero-order chi connectivity index (χ0) is 30.3. The first-order chi connectivity index (χ1) is 19.7. The van der Waals surface area contributed by atoms with Crippen LogP contribution in [-0.2, 0) is 30.4 Å². The van der Waals surface area contributed by atoms with Gasteiger partial charge in [0.2, 0.25) is 5.82 Å². The van der Waals surface area contributed by atoms with Gasteiger partial charge in [0.15, 0.2) is 0 Å². The van der Waals surface area contributed by atoms with Crippen LogP contribution in [0.4, 0.5) is 0 Å². The smallest absolute Gasteiger partial charge is 1.00 e. The van der Waals surface area contributed by atoms with Crippen molar-refractivity contribution in [3.63, 3.8) is 0 Å². The molecule has 0 fully saturated rings. The maximum absolute atomic E-state index is 11.5. The van der Waals surface area contributed by atoms with Crippen molar-refractivity contribution in [3.05, 3.63) is 91.1 Å². The summed E-state index contributed by atoms with van der Waals surface area (Å²) < 4.78 is 96.7. The van der Waals surface area contributed by atoms with Gasteiger partial charge in [-0.05, 0) is 59.7 Å². The Morgan fingerprint density at radius 3 is 1.31 bits per heavy atom. The molecule has 2 aromatic heterocycles. The Hall–Kier alpha value is -1.45. The summed E-state index contributed by atoms with van der Waals surface area (Å²) in [6.07, 6.45) is 1.48. The van der Waals surface area contributed by atoms with E-state index in [4.69, 9.17) is 0 Å². The van der Waals surface area contributed by atoms with Crippen LogP contribution in [0.3, 0.4) is 0 Å². The van der Waals surface area contributed by atoms with Crippen LogP contribution >= 0.6 is 0 Å². The van der Waals surface area contributed by atoms with Gasteiger partial charge in [-0.3, -0.25) is 18.6 Å². The molecule has 0 saturated heterocycles. The van der Waals surface area contributed by atoms with Crippen molar-refractivity contribution in [2.24, 2.45) is 0 Å². The van der Waals surface area contributed by atoms with E-state index in [0.29, 0.717) is 22.3 Å². The molecule has 5 rings (SSSR count). The van der Waals surface area contributed by atoms with Crippen molar-refractivity contribution in [1.82, 2.24) is 20.2 Å². The van der Waals surface area contributed by atoms with Crippen LogP contribution < -0.4 is 88.7 Å². The van der Waals surface area contributed by atoms with Crippen LogP contribution in [-0.4, -0.2) is 59.1 Å². The molecule has 13 nitrogen and oxygen atoms in total. The van der Waals surface area contributed by atoms with Crippen LogP contribution in [0.15, 0.2) is 106 Å². The first kappa shape index (κ1) is 39.7. The maximum atomic E-state index is 11.5. The molecule has 0 radical (unpaired) electrons. The van der Waals surface area contributed by atoms with Crippen LogP contribution in [0.25, 0.3) is 45.2 Å². The van der Waals surface area contributed by atoms with Crippen molar-refractivity contribution < 1.29 is 132 Å². The summed E-state index contributed by atoms with van der Waals surface area (Å²) in [7, 11) is -13.3. The Bertz CT molecular complexity index is 2170. The number of benzene rings is 3. The predicted molar refractivity (Wildman–Crippen MR) is 152 cm³/mol. The molecular formula is C26H21N4Na3O9S3. The molecule has 5 aromatic rings. The molecule has 19 heteroatoms. The van der Waals surface area contributed by atoms with Crippen LogP contribution in [0.1, 0.15) is 4.28 Å². The van der Waals surface area contributed by atoms with Crippen LogP contribution in [0.5, 0.6) is 0 Å². The first-order valence-corrected chi connectivity index (χ1v) is 16.0. The second kappa shape index (κ2) is 15.6. The standard InChI is InChI=1S/C26H18N4O9S3.3Na.3H/c31-40(32,33)20-7-1-16(2-8-20)19-13-14-27-23(15-19)26-28-24(17-3-9-21(10-4-17)41(34,35)36)25(29-30-26)18-5-11-22(12-6-18)42(37,38)39;;;;;;/h1-15H,(H,31,32,33)(H,34,35,36)(H,37,38,39);;;;;;/q;3*+1;3*-1. The largest absolute Gasteiger partial charge is 1.00 e. The Labute approximate surface area is 329 Å². The van der Waals surface area contributed by atoms with E-state index < -0.39 is 30.4 Å². The predicted octanol–water partition coefficient (Wildman–Crippen LogP) is -4.98. The zero-order valence-electron chi connectivity index (χ0n) is 27.0. The minimum atomic E-state index is -4.46. The third-order valence-corrected chi connectivity index (χ3v) is 8.62. The third kappa shape index (κ3) is 9.56. The summed E-state index contributed by atoms with van der Waals surface area (Å²) >= 11 is 0. The van der Waals surface area contributed by atoms with Crippen molar-refractivity contribution in [2.75, 3.05) is 0 Å². The topological polar surface area (TPSA) is 215 Å². The van der Waals surface area contributed by atoms with Gasteiger partial charge in [0, 0.05) is 17.3 Å². The Kier molecular flexibility index (Phi) is 13.8. The second-order valence-electron chi connectivity index (χ2n) is 8.76. The van der Waals surface area contributed by atoms with Gasteiger partial charge < -0.3 is 4.28 Å². The molecule has 3 N–H and O–H groups in total. The number of rotatable bonds is 7. The van der Waals surface area contributed by atoms with Gasteiger partial charge in [-0.25, -0.2) is 4.98 Å². The summed E-state index contributed by atoms with van der Waals surface area (Å²) in [6.45, 7) is 0. The van der Waals surface area contributed by atoms with E-state index in [1.807, 2.05) is 0 Å². The summed E-state index contributed by atoms with van der Waals surface area (Å²) in [5, 5.41) is 8.46. The van der Waals surface area contributed by atoms with Crippen molar-refractivity contribution in [2.45, 2.75) is 14.7 Å². The fourth-order valence-corrected chi connectivity index (χ4v) is 5.39. The minimum Gasteiger partial charge on any atom is -1.00 e. The zero-order valence-corrected chi connectivity index (χ0v) is 32.4. The number of nitrogens with zero attached hydrogens (tertiary/aromatic N) is 4. The molecule has 220 valence electrons. The van der Waals surface area contributed by atoms with E-state index in [0.717, 1.165) is 0 Å². The molecule has 0 atom stereocenters. The molecule has 0 spiro atoms. The molecule has 0 saturated carbocycles. The number of aromatic nitrogens is 4. The molecule has 0 amide bonds. The summed E-state index contributed by atoms with van der Waals surface area (Å²) in [6, 6.07) is 19.1. The molecular weight excluding hydrogens is 677 g/mol. The van der Waals surface area contributed by atoms with Gasteiger partial charge in [-0.15, -0.1) is 10.2 Å². The normalized spacial score (nSPS) is 11.4. The minimum absolute atomic E-state index is 0. The Balaban J connectivity index is 0. The summed E-state index contributed by atoms with van der Waals surface area (Å²) in [5.41, 5.74) is 2.67. The average molecular weight is 699 g/mol. The van der Waals surface area contributed by atoms with Crippen LogP contribution in [0.2, 0.25) is 0 Å². The van der Waals surface area contributed by atoms with Gasteiger partial charge in [-0.1, -0.05) is 36.4 Å². The number of pyridine rings is 1. The maximum Gasteiger partial charge on any atom is 1.00 e. The van der Waals surface area contributed by atoms with Crippen LogP contribution in [0, 0.1) is 0 Å². The SMILES string of the molecule is O=S(=O)(O)c1ccc(-c2ccnc(-c3nnc(-c4ccc(S(=O)(=O)O)cc4)c(-c4ccc(S(=O)(=O)O)cc4)n3)c2)cc1.[H-].[H-].[H-].[Na+].[Na+].[Na+]. The van der Waals surface area contributed by atoms with Crippen molar-refractivity contribution in [1.29, 1.82) is 0 Å². The van der Waals surface area contributed by atoms with Crippen molar-refractivity contribution >= 4 is 30.4 Å². The molecule has 0 bridgehead atoms.